The Morgan fingerprint density at radius 1 is 1.06 bits per heavy atom. The number of azo groups is 1. The molecule has 1 aliphatic carbocycles. The van der Waals surface area contributed by atoms with E-state index in [1.165, 1.54) is 0 Å². The lowest BCUT2D eigenvalue weighted by atomic mass is 10.0. The molecule has 0 heterocycles. The van der Waals surface area contributed by atoms with Crippen molar-refractivity contribution in [2.24, 2.45) is 16.0 Å². The molecule has 2 atom stereocenters. The van der Waals surface area contributed by atoms with Crippen LogP contribution in [-0.4, -0.2) is 35.7 Å². The number of benzene rings is 3. The minimum Gasteiger partial charge on any atom is -0.505 e. The fourth-order valence-electron chi connectivity index (χ4n) is 3.69. The average Bonchev–Trinajstić information content (AvgIpc) is 2.84. The Bertz CT molecular complexity index is 1310. The summed E-state index contributed by atoms with van der Waals surface area (Å²) in [6.07, 6.45) is 7.11. The van der Waals surface area contributed by atoms with Gasteiger partial charge in [-0.25, -0.2) is 0 Å². The van der Waals surface area contributed by atoms with Crippen LogP contribution in [0, 0.1) is 0 Å². The summed E-state index contributed by atoms with van der Waals surface area (Å²) < 4.78 is 5.69. The Balaban J connectivity index is 1.68. The number of allylic oxidation sites excluding steroid dienone is 2. The number of phenols is 1. The van der Waals surface area contributed by atoms with Crippen LogP contribution in [0.15, 0.2) is 89.1 Å². The molecule has 0 aliphatic heterocycles. The number of aromatic hydroxyl groups is 1. The standard InChI is InChI=1S/C26H24N4O4/c1-2-34-22-10-6-5-9-21(22)28-26(33)20-15-17-7-3-4-8-19(17)23(24(20)31)30-29-18-13-11-16(12-14-18)25(27)32/h3-15,21-22,31H,2H2,1H3,(H2,27,32)(H,28,33). The summed E-state index contributed by atoms with van der Waals surface area (Å²) in [5, 5.41) is 23.7. The minimum absolute atomic E-state index is 0.0786. The number of hydrogen-bond acceptors (Lipinski definition) is 6. The molecular formula is C26H24N4O4. The lowest BCUT2D eigenvalue weighted by Gasteiger charge is -2.25. The molecule has 1 aliphatic rings. The summed E-state index contributed by atoms with van der Waals surface area (Å²) in [5.41, 5.74) is 6.33. The predicted octanol–water partition coefficient (Wildman–Crippen LogP) is 4.69. The van der Waals surface area contributed by atoms with Crippen LogP contribution < -0.4 is 11.1 Å². The maximum Gasteiger partial charge on any atom is 0.255 e. The number of phenolic OH excluding ortho intramolecular Hbond substituents is 1. The van der Waals surface area contributed by atoms with Crippen molar-refractivity contribution in [3.05, 3.63) is 90.0 Å². The second kappa shape index (κ2) is 10.1. The van der Waals surface area contributed by atoms with Gasteiger partial charge < -0.3 is 20.9 Å². The second-order valence-electron chi connectivity index (χ2n) is 7.64. The lowest BCUT2D eigenvalue weighted by Crippen LogP contribution is -2.43. The zero-order chi connectivity index (χ0) is 24.1. The van der Waals surface area contributed by atoms with E-state index >= 15 is 0 Å². The molecule has 8 heteroatoms. The number of nitrogens with two attached hydrogens (primary N) is 1. The molecule has 4 N–H and O–H groups in total. The minimum atomic E-state index is -0.541. The highest BCUT2D eigenvalue weighted by molar-refractivity contribution is 6.07. The number of carbonyl (C=O) groups excluding carboxylic acids is 2. The van der Waals surface area contributed by atoms with Gasteiger partial charge in [0.2, 0.25) is 5.91 Å². The molecule has 0 fully saturated rings. The monoisotopic (exact) mass is 456 g/mol. The number of fused-ring (bicyclic) bond motifs is 1. The summed E-state index contributed by atoms with van der Waals surface area (Å²) in [6, 6.07) is 14.8. The third-order valence-corrected chi connectivity index (χ3v) is 5.40. The molecule has 0 radical (unpaired) electrons. The van der Waals surface area contributed by atoms with Crippen molar-refractivity contribution in [1.29, 1.82) is 0 Å². The van der Waals surface area contributed by atoms with Crippen molar-refractivity contribution in [2.75, 3.05) is 6.61 Å². The first kappa shape index (κ1) is 22.9. The van der Waals surface area contributed by atoms with E-state index in [1.807, 2.05) is 49.4 Å². The van der Waals surface area contributed by atoms with Crippen molar-refractivity contribution in [2.45, 2.75) is 19.1 Å². The molecule has 34 heavy (non-hydrogen) atoms. The van der Waals surface area contributed by atoms with Crippen LogP contribution in [0.25, 0.3) is 10.8 Å². The van der Waals surface area contributed by atoms with Crippen LogP contribution in [0.1, 0.15) is 27.6 Å². The zero-order valence-electron chi connectivity index (χ0n) is 18.5. The van der Waals surface area contributed by atoms with Crippen LogP contribution >= 0.6 is 0 Å². The largest absolute Gasteiger partial charge is 0.505 e. The van der Waals surface area contributed by atoms with Gasteiger partial charge >= 0.3 is 0 Å². The van der Waals surface area contributed by atoms with E-state index in [1.54, 1.807) is 36.4 Å². The van der Waals surface area contributed by atoms with Gasteiger partial charge in [-0.2, -0.15) is 5.11 Å². The first-order valence-electron chi connectivity index (χ1n) is 10.8. The molecule has 0 aromatic heterocycles. The molecule has 3 aromatic rings. The van der Waals surface area contributed by atoms with E-state index in [4.69, 9.17) is 10.5 Å². The molecule has 0 saturated carbocycles. The Labute approximate surface area is 196 Å². The number of primary amides is 1. The fourth-order valence-corrected chi connectivity index (χ4v) is 3.69. The third kappa shape index (κ3) is 4.87. The van der Waals surface area contributed by atoms with Crippen LogP contribution in [-0.2, 0) is 4.74 Å². The quantitative estimate of drug-likeness (QED) is 0.446. The summed E-state index contributed by atoms with van der Waals surface area (Å²) in [7, 11) is 0. The molecular weight excluding hydrogens is 432 g/mol. The first-order valence-corrected chi connectivity index (χ1v) is 10.8. The Hall–Kier alpha value is -4.30. The van der Waals surface area contributed by atoms with Gasteiger partial charge in [0.25, 0.3) is 5.91 Å². The highest BCUT2D eigenvalue weighted by Crippen LogP contribution is 2.39. The van der Waals surface area contributed by atoms with Crippen molar-refractivity contribution < 1.29 is 19.4 Å². The van der Waals surface area contributed by atoms with Gasteiger partial charge in [0, 0.05) is 17.6 Å². The van der Waals surface area contributed by atoms with Crippen LogP contribution in [0.3, 0.4) is 0 Å². The number of amides is 2. The van der Waals surface area contributed by atoms with Gasteiger partial charge in [-0.3, -0.25) is 9.59 Å². The van der Waals surface area contributed by atoms with E-state index in [2.05, 4.69) is 15.5 Å². The SMILES string of the molecule is CCOC1C=CC=CC1NC(=O)c1cc2ccccc2c(N=Nc2ccc(C(N)=O)cc2)c1O. The van der Waals surface area contributed by atoms with Crippen LogP contribution in [0.2, 0.25) is 0 Å². The summed E-state index contributed by atoms with van der Waals surface area (Å²) in [4.78, 5) is 24.4. The number of nitrogens with zero attached hydrogens (tertiary/aromatic N) is 2. The molecule has 8 nitrogen and oxygen atoms in total. The van der Waals surface area contributed by atoms with E-state index in [0.717, 1.165) is 5.39 Å². The maximum absolute atomic E-state index is 13.2. The smallest absolute Gasteiger partial charge is 0.255 e. The highest BCUT2D eigenvalue weighted by Gasteiger charge is 2.24. The number of carbonyl (C=O) groups is 2. The summed E-state index contributed by atoms with van der Waals surface area (Å²) in [5.74, 6) is -1.28. The van der Waals surface area contributed by atoms with Gasteiger partial charge in [-0.05, 0) is 42.6 Å². The second-order valence-corrected chi connectivity index (χ2v) is 7.64. The summed E-state index contributed by atoms with van der Waals surface area (Å²) >= 11 is 0. The van der Waals surface area contributed by atoms with E-state index in [9.17, 15) is 14.7 Å². The molecule has 0 bridgehead atoms. The number of rotatable bonds is 7. The van der Waals surface area contributed by atoms with E-state index in [0.29, 0.717) is 23.2 Å². The Morgan fingerprint density at radius 2 is 1.79 bits per heavy atom. The predicted molar refractivity (Wildman–Crippen MR) is 130 cm³/mol. The molecule has 4 rings (SSSR count). The average molecular weight is 457 g/mol. The summed E-state index contributed by atoms with van der Waals surface area (Å²) in [6.45, 7) is 2.39. The molecule has 0 saturated heterocycles. The highest BCUT2D eigenvalue weighted by atomic mass is 16.5. The van der Waals surface area contributed by atoms with Crippen molar-refractivity contribution in [3.8, 4) is 5.75 Å². The maximum atomic E-state index is 13.2. The van der Waals surface area contributed by atoms with Crippen molar-refractivity contribution in [3.63, 3.8) is 0 Å². The van der Waals surface area contributed by atoms with E-state index < -0.39 is 11.8 Å². The first-order chi connectivity index (χ1) is 16.5. The lowest BCUT2D eigenvalue weighted by molar-refractivity contribution is 0.0690. The molecule has 0 spiro atoms. The molecule has 2 unspecified atom stereocenters. The molecule has 3 aromatic carbocycles. The topological polar surface area (TPSA) is 126 Å². The fraction of sp³-hybridized carbons (Fsp3) is 0.154. The van der Waals surface area contributed by atoms with Gasteiger partial charge in [-0.1, -0.05) is 48.6 Å². The van der Waals surface area contributed by atoms with Crippen LogP contribution in [0.4, 0.5) is 11.4 Å². The van der Waals surface area contributed by atoms with Gasteiger partial charge in [0.15, 0.2) is 5.75 Å². The Morgan fingerprint density at radius 3 is 2.53 bits per heavy atom. The zero-order valence-corrected chi connectivity index (χ0v) is 18.5. The number of nitrogens with one attached hydrogen (secondary N) is 1. The van der Waals surface area contributed by atoms with Crippen LogP contribution in [0.5, 0.6) is 5.75 Å². The normalized spacial score (nSPS) is 17.3. The van der Waals surface area contributed by atoms with Crippen molar-refractivity contribution in [1.82, 2.24) is 5.32 Å². The van der Waals surface area contributed by atoms with Gasteiger partial charge in [-0.15, -0.1) is 5.11 Å². The molecule has 172 valence electrons. The molecule has 2 amide bonds. The number of hydrogen-bond donors (Lipinski definition) is 3. The van der Waals surface area contributed by atoms with Gasteiger partial charge in [0.05, 0.1) is 23.4 Å². The third-order valence-electron chi connectivity index (χ3n) is 5.40. The number of ether oxygens (including phenoxy) is 1. The van der Waals surface area contributed by atoms with E-state index in [-0.39, 0.29) is 29.1 Å². The van der Waals surface area contributed by atoms with Crippen molar-refractivity contribution >= 4 is 34.0 Å². The van der Waals surface area contributed by atoms with Gasteiger partial charge in [0.1, 0.15) is 5.69 Å². The Kier molecular flexibility index (Phi) is 6.79.